The van der Waals surface area contributed by atoms with E-state index in [1.54, 1.807) is 12.1 Å². The van der Waals surface area contributed by atoms with Crippen LogP contribution in [0, 0.1) is 6.92 Å². The third-order valence-electron chi connectivity index (χ3n) is 4.26. The standard InChI is InChI=1S/C20H19N3O5/c1-12-5-3-4-6-13(12)15-9-19(27)28-20-14(15)7-8-16(22-20)21-10-17(24)23(2)11-18(25)26/h3-9H,10-11H2,1-2H3,(H,21,22)(H,25,26). The lowest BCUT2D eigenvalue weighted by Crippen LogP contribution is -2.36. The molecule has 2 heterocycles. The Morgan fingerprint density at radius 3 is 2.64 bits per heavy atom. The van der Waals surface area contributed by atoms with Gasteiger partial charge < -0.3 is 19.7 Å². The largest absolute Gasteiger partial charge is 0.480 e. The number of rotatable bonds is 6. The van der Waals surface area contributed by atoms with E-state index in [1.165, 1.54) is 13.1 Å². The van der Waals surface area contributed by atoms with E-state index in [-0.39, 0.29) is 18.8 Å². The molecule has 0 aliphatic heterocycles. The number of carbonyl (C=O) groups is 2. The first-order chi connectivity index (χ1) is 13.3. The van der Waals surface area contributed by atoms with Crippen molar-refractivity contribution in [3.8, 4) is 11.1 Å². The summed E-state index contributed by atoms with van der Waals surface area (Å²) in [6, 6.07) is 12.6. The van der Waals surface area contributed by atoms with Crippen LogP contribution in [0.1, 0.15) is 5.56 Å². The number of hydrogen-bond acceptors (Lipinski definition) is 6. The summed E-state index contributed by atoms with van der Waals surface area (Å²) in [6.07, 6.45) is 0. The SMILES string of the molecule is Cc1ccccc1-c1cc(=O)oc2nc(NCC(=O)N(C)CC(=O)O)ccc12. The number of carboxylic acids is 1. The number of amides is 1. The molecule has 0 aliphatic carbocycles. The Kier molecular flexibility index (Phi) is 5.39. The molecule has 0 saturated heterocycles. The van der Waals surface area contributed by atoms with Gasteiger partial charge in [0.25, 0.3) is 0 Å². The summed E-state index contributed by atoms with van der Waals surface area (Å²) in [6.45, 7) is 1.43. The molecule has 0 atom stereocenters. The van der Waals surface area contributed by atoms with Crippen molar-refractivity contribution < 1.29 is 19.1 Å². The van der Waals surface area contributed by atoms with Crippen LogP contribution in [0.15, 0.2) is 51.7 Å². The van der Waals surface area contributed by atoms with Crippen LogP contribution in [0.2, 0.25) is 0 Å². The maximum Gasteiger partial charge on any atom is 0.338 e. The van der Waals surface area contributed by atoms with E-state index >= 15 is 0 Å². The first-order valence-electron chi connectivity index (χ1n) is 8.55. The van der Waals surface area contributed by atoms with Crippen molar-refractivity contribution in [2.24, 2.45) is 0 Å². The molecule has 0 unspecified atom stereocenters. The summed E-state index contributed by atoms with van der Waals surface area (Å²) in [5.74, 6) is -1.15. The zero-order chi connectivity index (χ0) is 20.3. The molecule has 2 N–H and O–H groups in total. The van der Waals surface area contributed by atoms with Crippen LogP contribution in [0.4, 0.5) is 5.82 Å². The number of nitrogens with one attached hydrogen (secondary N) is 1. The number of likely N-dealkylation sites (N-methyl/N-ethyl adjacent to an activating group) is 1. The van der Waals surface area contributed by atoms with Gasteiger partial charge in [0.15, 0.2) is 0 Å². The third-order valence-corrected chi connectivity index (χ3v) is 4.26. The number of nitrogens with zero attached hydrogens (tertiary/aromatic N) is 2. The smallest absolute Gasteiger partial charge is 0.338 e. The number of aromatic nitrogens is 1. The van der Waals surface area contributed by atoms with Gasteiger partial charge in [-0.25, -0.2) is 4.79 Å². The number of anilines is 1. The van der Waals surface area contributed by atoms with Crippen LogP contribution in [0.5, 0.6) is 0 Å². The normalized spacial score (nSPS) is 10.6. The van der Waals surface area contributed by atoms with Gasteiger partial charge in [0, 0.05) is 24.1 Å². The lowest BCUT2D eigenvalue weighted by atomic mass is 9.99. The number of carbonyl (C=O) groups excluding carboxylic acids is 1. The first kappa shape index (κ1) is 19.1. The van der Waals surface area contributed by atoms with Crippen LogP contribution in [-0.2, 0) is 9.59 Å². The minimum atomic E-state index is -1.09. The van der Waals surface area contributed by atoms with E-state index in [9.17, 15) is 14.4 Å². The summed E-state index contributed by atoms with van der Waals surface area (Å²) in [4.78, 5) is 40.0. The van der Waals surface area contributed by atoms with Gasteiger partial charge in [-0.1, -0.05) is 24.3 Å². The number of hydrogen-bond donors (Lipinski definition) is 2. The van der Waals surface area contributed by atoms with E-state index in [4.69, 9.17) is 9.52 Å². The predicted octanol–water partition coefficient (Wildman–Crippen LogP) is 2.12. The van der Waals surface area contributed by atoms with Gasteiger partial charge in [-0.2, -0.15) is 4.98 Å². The predicted molar refractivity (Wildman–Crippen MR) is 104 cm³/mol. The Labute approximate surface area is 160 Å². The minimum absolute atomic E-state index is 0.135. The highest BCUT2D eigenvalue weighted by molar-refractivity contribution is 5.93. The molecule has 0 spiro atoms. The Bertz CT molecular complexity index is 1110. The quantitative estimate of drug-likeness (QED) is 0.672. The Morgan fingerprint density at radius 1 is 1.18 bits per heavy atom. The number of aryl methyl sites for hydroxylation is 1. The molecule has 1 amide bonds. The van der Waals surface area contributed by atoms with Gasteiger partial charge in [0.1, 0.15) is 12.4 Å². The summed E-state index contributed by atoms with van der Waals surface area (Å²) in [5.41, 5.74) is 2.28. The summed E-state index contributed by atoms with van der Waals surface area (Å²) < 4.78 is 5.23. The number of carboxylic acid groups (broad SMARTS) is 1. The molecule has 144 valence electrons. The van der Waals surface area contributed by atoms with E-state index in [0.717, 1.165) is 21.6 Å². The van der Waals surface area contributed by atoms with Crippen LogP contribution in [0.25, 0.3) is 22.2 Å². The highest BCUT2D eigenvalue weighted by Gasteiger charge is 2.14. The maximum absolute atomic E-state index is 12.0. The number of benzene rings is 1. The first-order valence-corrected chi connectivity index (χ1v) is 8.55. The average molecular weight is 381 g/mol. The highest BCUT2D eigenvalue weighted by Crippen LogP contribution is 2.29. The molecule has 0 saturated carbocycles. The molecule has 2 aromatic heterocycles. The van der Waals surface area contributed by atoms with Crippen LogP contribution >= 0.6 is 0 Å². The summed E-state index contributed by atoms with van der Waals surface area (Å²) in [7, 11) is 1.40. The van der Waals surface area contributed by atoms with Gasteiger partial charge >= 0.3 is 11.6 Å². The van der Waals surface area contributed by atoms with Crippen LogP contribution in [0.3, 0.4) is 0 Å². The van der Waals surface area contributed by atoms with E-state index in [0.29, 0.717) is 11.2 Å². The Morgan fingerprint density at radius 2 is 1.93 bits per heavy atom. The third kappa shape index (κ3) is 4.17. The fraction of sp³-hybridized carbons (Fsp3) is 0.200. The molecule has 0 radical (unpaired) electrons. The van der Waals surface area contributed by atoms with E-state index in [1.807, 2.05) is 31.2 Å². The van der Waals surface area contributed by atoms with Gasteiger partial charge in [-0.3, -0.25) is 9.59 Å². The average Bonchev–Trinajstić information content (AvgIpc) is 2.65. The fourth-order valence-electron chi connectivity index (χ4n) is 2.83. The minimum Gasteiger partial charge on any atom is -0.480 e. The molecule has 0 fully saturated rings. The number of fused-ring (bicyclic) bond motifs is 1. The van der Waals surface area contributed by atoms with E-state index < -0.39 is 17.5 Å². The van der Waals surface area contributed by atoms with Gasteiger partial charge in [0.05, 0.1) is 6.54 Å². The molecule has 1 aromatic carbocycles. The highest BCUT2D eigenvalue weighted by atomic mass is 16.4. The van der Waals surface area contributed by atoms with Crippen LogP contribution in [-0.4, -0.2) is 47.0 Å². The van der Waals surface area contributed by atoms with Crippen molar-refractivity contribution in [3.63, 3.8) is 0 Å². The Hall–Kier alpha value is -3.68. The second-order valence-corrected chi connectivity index (χ2v) is 6.34. The lowest BCUT2D eigenvalue weighted by Gasteiger charge is -2.15. The van der Waals surface area contributed by atoms with Crippen LogP contribution < -0.4 is 10.9 Å². The summed E-state index contributed by atoms with van der Waals surface area (Å²) in [5, 5.41) is 12.2. The molecule has 8 heteroatoms. The zero-order valence-electron chi connectivity index (χ0n) is 15.4. The molecular weight excluding hydrogens is 362 g/mol. The topological polar surface area (TPSA) is 113 Å². The summed E-state index contributed by atoms with van der Waals surface area (Å²) >= 11 is 0. The van der Waals surface area contributed by atoms with Gasteiger partial charge in [-0.05, 0) is 30.2 Å². The molecule has 3 aromatic rings. The van der Waals surface area contributed by atoms with Crippen molar-refractivity contribution in [1.29, 1.82) is 0 Å². The monoisotopic (exact) mass is 381 g/mol. The fourth-order valence-corrected chi connectivity index (χ4v) is 2.83. The van der Waals surface area contributed by atoms with Crippen molar-refractivity contribution >= 4 is 28.8 Å². The molecule has 0 aliphatic rings. The van der Waals surface area contributed by atoms with Crippen molar-refractivity contribution in [3.05, 3.63) is 58.4 Å². The van der Waals surface area contributed by atoms with Gasteiger partial charge in [-0.15, -0.1) is 0 Å². The van der Waals surface area contributed by atoms with Crippen molar-refractivity contribution in [2.75, 3.05) is 25.5 Å². The second kappa shape index (κ2) is 7.91. The number of pyridine rings is 1. The lowest BCUT2D eigenvalue weighted by molar-refractivity contribution is -0.142. The molecular formula is C20H19N3O5. The zero-order valence-corrected chi connectivity index (χ0v) is 15.4. The van der Waals surface area contributed by atoms with Crippen molar-refractivity contribution in [2.45, 2.75) is 6.92 Å². The van der Waals surface area contributed by atoms with Gasteiger partial charge in [0.2, 0.25) is 11.6 Å². The van der Waals surface area contributed by atoms with E-state index in [2.05, 4.69) is 10.3 Å². The molecule has 8 nitrogen and oxygen atoms in total. The molecule has 28 heavy (non-hydrogen) atoms. The number of aliphatic carboxylic acids is 1. The molecule has 0 bridgehead atoms. The second-order valence-electron chi connectivity index (χ2n) is 6.34. The van der Waals surface area contributed by atoms with Crippen molar-refractivity contribution in [1.82, 2.24) is 9.88 Å². The maximum atomic E-state index is 12.0. The molecule has 3 rings (SSSR count). The Balaban J connectivity index is 1.89.